The molecule has 1 heterocycles. The average Bonchev–Trinajstić information content (AvgIpc) is 2.63. The molecule has 0 radical (unpaired) electrons. The van der Waals surface area contributed by atoms with Crippen LogP contribution in [-0.2, 0) is 9.59 Å². The highest BCUT2D eigenvalue weighted by molar-refractivity contribution is 7.13. The van der Waals surface area contributed by atoms with Crippen molar-refractivity contribution in [2.24, 2.45) is 0 Å². The van der Waals surface area contributed by atoms with Crippen LogP contribution in [0, 0.1) is 0 Å². The number of carbonyl (C=O) groups is 2. The first-order valence-electron chi connectivity index (χ1n) is 4.96. The number of nitrogens with one attached hydrogen (secondary N) is 1. The topological polar surface area (TPSA) is 79.3 Å². The number of hydrogen-bond donors (Lipinski definition) is 2. The fourth-order valence-corrected chi connectivity index (χ4v) is 1.90. The molecule has 0 aliphatic rings. The molecule has 0 fully saturated rings. The first-order chi connectivity index (χ1) is 7.49. The standard InChI is InChI=1S/C10H14N2O3S/c1-6(2)7-5-16-10(11-7)12-8(13)3-4-9(14)15/h5-6H,3-4H2,1-2H3,(H,14,15)(H,11,12,13). The molecule has 5 nitrogen and oxygen atoms in total. The van der Waals surface area contributed by atoms with Gasteiger partial charge in [0, 0.05) is 11.8 Å². The molecule has 0 unspecified atom stereocenters. The second-order valence-electron chi connectivity index (χ2n) is 3.67. The van der Waals surface area contributed by atoms with Crippen LogP contribution in [0.25, 0.3) is 0 Å². The molecule has 0 atom stereocenters. The van der Waals surface area contributed by atoms with Crippen LogP contribution >= 0.6 is 11.3 Å². The van der Waals surface area contributed by atoms with Crippen molar-refractivity contribution in [2.45, 2.75) is 32.6 Å². The molecule has 1 aromatic heterocycles. The third-order valence-corrected chi connectivity index (χ3v) is 2.70. The summed E-state index contributed by atoms with van der Waals surface area (Å²) in [7, 11) is 0. The number of nitrogens with zero attached hydrogens (tertiary/aromatic N) is 1. The van der Waals surface area contributed by atoms with Gasteiger partial charge < -0.3 is 10.4 Å². The SMILES string of the molecule is CC(C)c1csc(NC(=O)CCC(=O)O)n1. The van der Waals surface area contributed by atoms with Gasteiger partial charge in [-0.15, -0.1) is 11.3 Å². The molecular formula is C10H14N2O3S. The number of carboxylic acids is 1. The molecule has 6 heteroatoms. The molecule has 0 aliphatic carbocycles. The predicted molar refractivity (Wildman–Crippen MR) is 61.7 cm³/mol. The highest BCUT2D eigenvalue weighted by atomic mass is 32.1. The Morgan fingerprint density at radius 2 is 2.19 bits per heavy atom. The van der Waals surface area contributed by atoms with E-state index in [-0.39, 0.29) is 18.7 Å². The lowest BCUT2D eigenvalue weighted by atomic mass is 10.2. The van der Waals surface area contributed by atoms with Crippen molar-refractivity contribution in [1.29, 1.82) is 0 Å². The zero-order valence-corrected chi connectivity index (χ0v) is 10.0. The number of amides is 1. The van der Waals surface area contributed by atoms with Crippen molar-refractivity contribution < 1.29 is 14.7 Å². The van der Waals surface area contributed by atoms with Gasteiger partial charge in [-0.3, -0.25) is 9.59 Å². The van der Waals surface area contributed by atoms with Gasteiger partial charge in [0.25, 0.3) is 0 Å². The summed E-state index contributed by atoms with van der Waals surface area (Å²) in [5, 5.41) is 13.4. The van der Waals surface area contributed by atoms with Crippen molar-refractivity contribution >= 4 is 28.3 Å². The fourth-order valence-electron chi connectivity index (χ4n) is 1.01. The maximum atomic E-state index is 11.3. The molecule has 0 aromatic carbocycles. The quantitative estimate of drug-likeness (QED) is 0.828. The molecule has 0 saturated heterocycles. The highest BCUT2D eigenvalue weighted by Crippen LogP contribution is 2.21. The van der Waals surface area contributed by atoms with E-state index in [9.17, 15) is 9.59 Å². The molecule has 1 aromatic rings. The van der Waals surface area contributed by atoms with Crippen LogP contribution in [0.5, 0.6) is 0 Å². The van der Waals surface area contributed by atoms with Crippen molar-refractivity contribution in [3.63, 3.8) is 0 Å². The Labute approximate surface area is 97.5 Å². The molecular weight excluding hydrogens is 228 g/mol. The van der Waals surface area contributed by atoms with Crippen LogP contribution in [0.1, 0.15) is 38.3 Å². The van der Waals surface area contributed by atoms with Crippen molar-refractivity contribution in [2.75, 3.05) is 5.32 Å². The van der Waals surface area contributed by atoms with Crippen LogP contribution in [0.4, 0.5) is 5.13 Å². The van der Waals surface area contributed by atoms with Crippen LogP contribution in [-0.4, -0.2) is 22.0 Å². The second kappa shape index (κ2) is 5.60. The molecule has 1 amide bonds. The fraction of sp³-hybridized carbons (Fsp3) is 0.500. The Kier molecular flexibility index (Phi) is 4.42. The molecule has 1 rings (SSSR count). The Morgan fingerprint density at radius 1 is 1.50 bits per heavy atom. The molecule has 16 heavy (non-hydrogen) atoms. The lowest BCUT2D eigenvalue weighted by Gasteiger charge is -2.00. The number of thiazole rings is 1. The summed E-state index contributed by atoms with van der Waals surface area (Å²) in [4.78, 5) is 25.8. The Bertz CT molecular complexity index is 387. The average molecular weight is 242 g/mol. The minimum absolute atomic E-state index is 0.0219. The number of aliphatic carboxylic acids is 1. The molecule has 2 N–H and O–H groups in total. The van der Waals surface area contributed by atoms with Gasteiger partial charge >= 0.3 is 5.97 Å². The number of anilines is 1. The van der Waals surface area contributed by atoms with Gasteiger partial charge in [0.2, 0.25) is 5.91 Å². The zero-order valence-electron chi connectivity index (χ0n) is 9.19. The van der Waals surface area contributed by atoms with Gasteiger partial charge in [0.05, 0.1) is 12.1 Å². The van der Waals surface area contributed by atoms with E-state index in [2.05, 4.69) is 10.3 Å². The Balaban J connectivity index is 2.46. The largest absolute Gasteiger partial charge is 0.481 e. The zero-order chi connectivity index (χ0) is 12.1. The summed E-state index contributed by atoms with van der Waals surface area (Å²) in [6.07, 6.45) is -0.180. The number of hydrogen-bond acceptors (Lipinski definition) is 4. The maximum absolute atomic E-state index is 11.3. The minimum atomic E-state index is -0.975. The normalized spacial score (nSPS) is 10.4. The third kappa shape index (κ3) is 3.98. The Morgan fingerprint density at radius 3 is 2.69 bits per heavy atom. The predicted octanol–water partition coefficient (Wildman–Crippen LogP) is 2.07. The van der Waals surface area contributed by atoms with Gasteiger partial charge in [-0.05, 0) is 5.92 Å². The number of rotatable bonds is 5. The Hall–Kier alpha value is -1.43. The van der Waals surface area contributed by atoms with E-state index < -0.39 is 5.97 Å². The number of carboxylic acid groups (broad SMARTS) is 1. The summed E-state index contributed by atoms with van der Waals surface area (Å²) < 4.78 is 0. The first-order valence-corrected chi connectivity index (χ1v) is 5.84. The van der Waals surface area contributed by atoms with Gasteiger partial charge in [-0.2, -0.15) is 0 Å². The smallest absolute Gasteiger partial charge is 0.303 e. The van der Waals surface area contributed by atoms with E-state index in [1.807, 2.05) is 19.2 Å². The van der Waals surface area contributed by atoms with E-state index >= 15 is 0 Å². The molecule has 0 aliphatic heterocycles. The van der Waals surface area contributed by atoms with Crippen LogP contribution in [0.15, 0.2) is 5.38 Å². The molecule has 0 saturated carbocycles. The van der Waals surface area contributed by atoms with E-state index in [1.165, 1.54) is 11.3 Å². The van der Waals surface area contributed by atoms with E-state index in [1.54, 1.807) is 0 Å². The van der Waals surface area contributed by atoms with Crippen LogP contribution in [0.2, 0.25) is 0 Å². The van der Waals surface area contributed by atoms with Crippen LogP contribution in [0.3, 0.4) is 0 Å². The van der Waals surface area contributed by atoms with Gasteiger partial charge in [0.1, 0.15) is 0 Å². The maximum Gasteiger partial charge on any atom is 0.303 e. The minimum Gasteiger partial charge on any atom is -0.481 e. The van der Waals surface area contributed by atoms with Crippen LogP contribution < -0.4 is 5.32 Å². The van der Waals surface area contributed by atoms with Gasteiger partial charge in [0.15, 0.2) is 5.13 Å². The lowest BCUT2D eigenvalue weighted by molar-refractivity contribution is -0.138. The lowest BCUT2D eigenvalue weighted by Crippen LogP contribution is -2.13. The molecule has 88 valence electrons. The molecule has 0 spiro atoms. The monoisotopic (exact) mass is 242 g/mol. The van der Waals surface area contributed by atoms with Crippen molar-refractivity contribution in [3.05, 3.63) is 11.1 Å². The summed E-state index contributed by atoms with van der Waals surface area (Å²) in [5.74, 6) is -0.967. The van der Waals surface area contributed by atoms with Crippen molar-refractivity contribution in [1.82, 2.24) is 4.98 Å². The number of aromatic nitrogens is 1. The van der Waals surface area contributed by atoms with Crippen molar-refractivity contribution in [3.8, 4) is 0 Å². The summed E-state index contributed by atoms with van der Waals surface area (Å²) >= 11 is 1.35. The first kappa shape index (κ1) is 12.6. The number of carbonyl (C=O) groups excluding carboxylic acids is 1. The summed E-state index contributed by atoms with van der Waals surface area (Å²) in [5.41, 5.74) is 0.929. The van der Waals surface area contributed by atoms with Gasteiger partial charge in [-0.1, -0.05) is 13.8 Å². The molecule has 0 bridgehead atoms. The van der Waals surface area contributed by atoms with E-state index in [0.717, 1.165) is 5.69 Å². The van der Waals surface area contributed by atoms with E-state index in [4.69, 9.17) is 5.11 Å². The van der Waals surface area contributed by atoms with E-state index in [0.29, 0.717) is 11.0 Å². The summed E-state index contributed by atoms with van der Waals surface area (Å²) in [6, 6.07) is 0. The second-order valence-corrected chi connectivity index (χ2v) is 4.53. The van der Waals surface area contributed by atoms with Gasteiger partial charge in [-0.25, -0.2) is 4.98 Å². The highest BCUT2D eigenvalue weighted by Gasteiger charge is 2.09. The summed E-state index contributed by atoms with van der Waals surface area (Å²) in [6.45, 7) is 4.04. The third-order valence-electron chi connectivity index (χ3n) is 1.93.